The molecule has 0 bridgehead atoms. The summed E-state index contributed by atoms with van der Waals surface area (Å²) in [4.78, 5) is 2.13. The van der Waals surface area contributed by atoms with Crippen LogP contribution in [0.25, 0.3) is 0 Å². The van der Waals surface area contributed by atoms with Crippen molar-refractivity contribution in [3.05, 3.63) is 53.9 Å². The molecule has 0 aliphatic heterocycles. The summed E-state index contributed by atoms with van der Waals surface area (Å²) >= 11 is 0. The van der Waals surface area contributed by atoms with Gasteiger partial charge >= 0.3 is 0 Å². The van der Waals surface area contributed by atoms with Gasteiger partial charge in [-0.25, -0.2) is 0 Å². The van der Waals surface area contributed by atoms with E-state index >= 15 is 0 Å². The zero-order chi connectivity index (χ0) is 15.2. The van der Waals surface area contributed by atoms with Gasteiger partial charge in [0.25, 0.3) is 0 Å². The number of oxime groups is 1. The van der Waals surface area contributed by atoms with Crippen LogP contribution in [0.4, 0.5) is 0 Å². The highest BCUT2D eigenvalue weighted by molar-refractivity contribution is 5.87. The quantitative estimate of drug-likeness (QED) is 0.364. The van der Waals surface area contributed by atoms with E-state index in [0.29, 0.717) is 6.54 Å². The predicted octanol–water partition coefficient (Wildman–Crippen LogP) is 1.38. The number of benzene rings is 1. The summed E-state index contributed by atoms with van der Waals surface area (Å²) in [6.45, 7) is 1.42. The summed E-state index contributed by atoms with van der Waals surface area (Å²) < 4.78 is 1.78. The van der Waals surface area contributed by atoms with Gasteiger partial charge in [-0.15, -0.1) is 0 Å². The Hall–Kier alpha value is -2.34. The second-order valence-corrected chi connectivity index (χ2v) is 5.21. The van der Waals surface area contributed by atoms with Gasteiger partial charge in [-0.05, 0) is 12.6 Å². The zero-order valence-electron chi connectivity index (χ0n) is 12.3. The summed E-state index contributed by atoms with van der Waals surface area (Å²) in [5.41, 5.74) is 8.02. The van der Waals surface area contributed by atoms with Crippen molar-refractivity contribution >= 4 is 5.84 Å². The van der Waals surface area contributed by atoms with Crippen LogP contribution in [0.3, 0.4) is 0 Å². The second kappa shape index (κ2) is 6.90. The van der Waals surface area contributed by atoms with Crippen LogP contribution >= 0.6 is 0 Å². The molecule has 3 N–H and O–H groups in total. The molecule has 6 heteroatoms. The van der Waals surface area contributed by atoms with Crippen molar-refractivity contribution in [2.75, 3.05) is 13.6 Å². The lowest BCUT2D eigenvalue weighted by Gasteiger charge is -2.23. The highest BCUT2D eigenvalue weighted by Crippen LogP contribution is 2.18. The van der Waals surface area contributed by atoms with Gasteiger partial charge in [0.2, 0.25) is 0 Å². The van der Waals surface area contributed by atoms with Gasteiger partial charge in [0.15, 0.2) is 0 Å². The molecule has 1 unspecified atom stereocenters. The van der Waals surface area contributed by atoms with E-state index in [0.717, 1.165) is 17.7 Å². The number of rotatable bonds is 6. The van der Waals surface area contributed by atoms with Crippen LogP contribution in [0.1, 0.15) is 17.0 Å². The highest BCUT2D eigenvalue weighted by atomic mass is 16.4. The van der Waals surface area contributed by atoms with Crippen LogP contribution in [0, 0.1) is 0 Å². The first-order valence-electron chi connectivity index (χ1n) is 6.78. The average molecular weight is 287 g/mol. The number of amidine groups is 1. The van der Waals surface area contributed by atoms with Gasteiger partial charge in [0.1, 0.15) is 5.84 Å². The van der Waals surface area contributed by atoms with Crippen LogP contribution < -0.4 is 5.73 Å². The number of likely N-dealkylation sites (N-methyl/N-ethyl adjacent to an activating group) is 1. The van der Waals surface area contributed by atoms with Crippen molar-refractivity contribution < 1.29 is 5.21 Å². The molecule has 0 saturated carbocycles. The normalized spacial score (nSPS) is 13.6. The molecule has 112 valence electrons. The fourth-order valence-electron chi connectivity index (χ4n) is 2.37. The first kappa shape index (κ1) is 15.1. The predicted molar refractivity (Wildman–Crippen MR) is 82.1 cm³/mol. The Labute approximate surface area is 124 Å². The summed E-state index contributed by atoms with van der Waals surface area (Å²) in [7, 11) is 3.90. The molecule has 0 aliphatic rings. The lowest BCUT2D eigenvalue weighted by atomic mass is 9.97. The van der Waals surface area contributed by atoms with Gasteiger partial charge < -0.3 is 15.8 Å². The third-order valence-electron chi connectivity index (χ3n) is 3.38. The number of hydrogen-bond acceptors (Lipinski definition) is 4. The fourth-order valence-corrected chi connectivity index (χ4v) is 2.37. The van der Waals surface area contributed by atoms with Crippen LogP contribution in [0.5, 0.6) is 0 Å². The van der Waals surface area contributed by atoms with E-state index in [1.54, 1.807) is 4.68 Å². The van der Waals surface area contributed by atoms with Crippen molar-refractivity contribution in [1.82, 2.24) is 14.7 Å². The van der Waals surface area contributed by atoms with E-state index in [2.05, 4.69) is 15.2 Å². The molecule has 0 radical (unpaired) electrons. The lowest BCUT2D eigenvalue weighted by molar-refractivity contribution is 0.302. The Morgan fingerprint density at radius 1 is 1.43 bits per heavy atom. The van der Waals surface area contributed by atoms with E-state index in [-0.39, 0.29) is 11.8 Å². The molecule has 6 nitrogen and oxygen atoms in total. The van der Waals surface area contributed by atoms with E-state index in [9.17, 15) is 0 Å². The maximum Gasteiger partial charge on any atom is 0.147 e. The van der Waals surface area contributed by atoms with Gasteiger partial charge in [-0.3, -0.25) is 4.68 Å². The number of hydrogen-bond donors (Lipinski definition) is 2. The molecule has 2 rings (SSSR count). The summed E-state index contributed by atoms with van der Waals surface area (Å²) in [5.74, 6) is 0.0807. The Kier molecular flexibility index (Phi) is 4.94. The molecular formula is C15H21N5O. The highest BCUT2D eigenvalue weighted by Gasteiger charge is 2.19. The number of aromatic nitrogens is 2. The third kappa shape index (κ3) is 4.06. The topological polar surface area (TPSA) is 79.7 Å². The molecule has 0 fully saturated rings. The first-order chi connectivity index (χ1) is 10.1. The molecule has 0 saturated heterocycles. The van der Waals surface area contributed by atoms with Crippen LogP contribution in [0.15, 0.2) is 47.9 Å². The molecule has 0 aliphatic carbocycles. The number of nitrogens with zero attached hydrogens (tertiary/aromatic N) is 4. The van der Waals surface area contributed by atoms with Crippen molar-refractivity contribution in [1.29, 1.82) is 0 Å². The molecular weight excluding hydrogens is 266 g/mol. The number of nitrogens with two attached hydrogens (primary N) is 1. The Balaban J connectivity index is 2.08. The van der Waals surface area contributed by atoms with Crippen LogP contribution in [-0.4, -0.2) is 39.3 Å². The molecule has 0 amide bonds. The average Bonchev–Trinajstić information content (AvgIpc) is 2.90. The summed E-state index contributed by atoms with van der Waals surface area (Å²) in [6.07, 6.45) is 3.83. The fraction of sp³-hybridized carbons (Fsp3) is 0.333. The van der Waals surface area contributed by atoms with Gasteiger partial charge in [0.05, 0.1) is 12.1 Å². The standard InChI is InChI=1S/C15H21N5O/c1-19(9-12-8-17-20(2)10-12)11-14(15(16)18-21)13-6-4-3-5-7-13/h3-8,10,14,21H,9,11H2,1-2H3,(H2,16,18). The summed E-state index contributed by atoms with van der Waals surface area (Å²) in [6, 6.07) is 9.83. The molecule has 1 aromatic carbocycles. The molecule has 0 spiro atoms. The molecule has 2 aromatic rings. The van der Waals surface area contributed by atoms with Crippen LogP contribution in [-0.2, 0) is 13.6 Å². The van der Waals surface area contributed by atoms with Gasteiger partial charge in [0, 0.05) is 31.9 Å². The smallest absolute Gasteiger partial charge is 0.147 e. The Morgan fingerprint density at radius 3 is 2.71 bits per heavy atom. The van der Waals surface area contributed by atoms with E-state index < -0.39 is 0 Å². The van der Waals surface area contributed by atoms with Crippen LogP contribution in [0.2, 0.25) is 0 Å². The number of aryl methyl sites for hydroxylation is 1. The van der Waals surface area contributed by atoms with Gasteiger partial charge in [-0.1, -0.05) is 35.5 Å². The molecule has 1 aromatic heterocycles. The minimum absolute atomic E-state index is 0.141. The van der Waals surface area contributed by atoms with E-state index in [1.165, 1.54) is 0 Å². The molecule has 1 heterocycles. The van der Waals surface area contributed by atoms with Crippen molar-refractivity contribution in [2.24, 2.45) is 17.9 Å². The maximum atomic E-state index is 9.00. The van der Waals surface area contributed by atoms with Crippen molar-refractivity contribution in [2.45, 2.75) is 12.5 Å². The molecule has 21 heavy (non-hydrogen) atoms. The minimum Gasteiger partial charge on any atom is -0.409 e. The minimum atomic E-state index is -0.141. The maximum absolute atomic E-state index is 9.00. The van der Waals surface area contributed by atoms with E-state index in [4.69, 9.17) is 10.9 Å². The third-order valence-corrected chi connectivity index (χ3v) is 3.38. The Morgan fingerprint density at radius 2 is 2.14 bits per heavy atom. The van der Waals surface area contributed by atoms with Crippen molar-refractivity contribution in [3.8, 4) is 0 Å². The summed E-state index contributed by atoms with van der Waals surface area (Å²) in [5, 5.41) is 16.3. The zero-order valence-corrected chi connectivity index (χ0v) is 12.3. The SMILES string of the molecule is CN(Cc1cnn(C)c1)CC(C(N)=NO)c1ccccc1. The first-order valence-corrected chi connectivity index (χ1v) is 6.78. The van der Waals surface area contributed by atoms with Crippen molar-refractivity contribution in [3.63, 3.8) is 0 Å². The monoisotopic (exact) mass is 287 g/mol. The van der Waals surface area contributed by atoms with Gasteiger partial charge in [-0.2, -0.15) is 5.10 Å². The second-order valence-electron chi connectivity index (χ2n) is 5.21. The molecule has 1 atom stereocenters. The Bertz CT molecular complexity index is 593. The lowest BCUT2D eigenvalue weighted by Crippen LogP contribution is -2.32. The largest absolute Gasteiger partial charge is 0.409 e. The van der Waals surface area contributed by atoms with E-state index in [1.807, 2.05) is 56.8 Å².